The molecule has 340 valence electrons. The quantitative estimate of drug-likeness (QED) is 0.165. The molecule has 0 aromatic heterocycles. The number of esters is 1. The normalized spacial score (nSPS) is 36.9. The predicted molar refractivity (Wildman–Crippen MR) is 244 cm³/mol. The second kappa shape index (κ2) is 17.2. The number of carboxylic acid groups (broad SMARTS) is 1. The maximum Gasteiger partial charge on any atom is 0.306 e. The molecule has 1 aromatic carbocycles. The summed E-state index contributed by atoms with van der Waals surface area (Å²) in [6.45, 7) is 29.0. The number of piperazine rings is 1. The van der Waals surface area contributed by atoms with Crippen molar-refractivity contribution in [3.05, 3.63) is 47.5 Å². The van der Waals surface area contributed by atoms with Gasteiger partial charge in [0.25, 0.3) is 0 Å². The zero-order valence-corrected chi connectivity index (χ0v) is 38.8. The standard InChI is InChI=1S/C52H78N2O6.CH4/c1-34(2)38-17-22-52(30-43(56)54-27-25-53(26-28-54)33-37-13-11-36(12-14-37)29-35(3)55)24-23-50(9)39(46(38)52)15-16-41-49(8)20-19-42(48(6,7)40(49)18-21-51(41,50)10)60-45(59)32-47(4,5)31-44(57)58;/h11-14,38-42,46H,1,15-33H2,2-10H3,(H,57,58);1H4/t38-,39+,40-,41+,42-,46+,49-,50+,51+,52+;/m0./s1. The number of hydrogen-bond donors (Lipinski definition) is 1. The van der Waals surface area contributed by atoms with Crippen LogP contribution in [0.3, 0.4) is 0 Å². The molecule has 8 heteroatoms. The summed E-state index contributed by atoms with van der Waals surface area (Å²) < 4.78 is 6.31. The number of amides is 1. The molecule has 1 amide bonds. The molecule has 1 heterocycles. The Morgan fingerprint density at radius 3 is 2.07 bits per heavy atom. The van der Waals surface area contributed by atoms with E-state index < -0.39 is 11.4 Å². The largest absolute Gasteiger partial charge is 0.481 e. The third kappa shape index (κ3) is 8.67. The highest BCUT2D eigenvalue weighted by atomic mass is 16.5. The minimum atomic E-state index is -0.886. The molecule has 6 fully saturated rings. The van der Waals surface area contributed by atoms with E-state index in [0.717, 1.165) is 76.8 Å². The van der Waals surface area contributed by atoms with Gasteiger partial charge in [0.1, 0.15) is 11.9 Å². The number of allylic oxidation sites excluding steroid dienone is 1. The highest BCUT2D eigenvalue weighted by Crippen LogP contribution is 2.78. The molecule has 0 spiro atoms. The number of carbonyl (C=O) groups excluding carboxylic acids is 3. The Labute approximate surface area is 369 Å². The third-order valence-corrected chi connectivity index (χ3v) is 18.8. The minimum absolute atomic E-state index is 0. The van der Waals surface area contributed by atoms with Gasteiger partial charge in [-0.25, -0.2) is 0 Å². The Kier molecular flexibility index (Phi) is 13.4. The van der Waals surface area contributed by atoms with E-state index in [0.29, 0.717) is 48.3 Å². The molecule has 0 radical (unpaired) electrons. The molecular formula is C53H82N2O6. The average molecular weight is 843 g/mol. The average Bonchev–Trinajstić information content (AvgIpc) is 3.53. The van der Waals surface area contributed by atoms with Crippen LogP contribution in [-0.4, -0.2) is 70.8 Å². The van der Waals surface area contributed by atoms with E-state index in [9.17, 15) is 24.3 Å². The first-order valence-electron chi connectivity index (χ1n) is 23.7. The Balaban J connectivity index is 0.00000622. The Morgan fingerprint density at radius 1 is 0.787 bits per heavy atom. The second-order valence-electron chi connectivity index (χ2n) is 23.3. The van der Waals surface area contributed by atoms with Gasteiger partial charge >= 0.3 is 11.9 Å². The van der Waals surface area contributed by atoms with Crippen LogP contribution in [0.5, 0.6) is 0 Å². The molecule has 10 atom stereocenters. The van der Waals surface area contributed by atoms with Gasteiger partial charge in [0, 0.05) is 51.0 Å². The lowest BCUT2D eigenvalue weighted by molar-refractivity contribution is -0.250. The van der Waals surface area contributed by atoms with Crippen LogP contribution in [0.25, 0.3) is 0 Å². The van der Waals surface area contributed by atoms with E-state index in [-0.39, 0.29) is 65.2 Å². The summed E-state index contributed by atoms with van der Waals surface area (Å²) in [6.07, 6.45) is 12.3. The highest BCUT2D eigenvalue weighted by Gasteiger charge is 2.71. The van der Waals surface area contributed by atoms with Crippen molar-refractivity contribution in [1.82, 2.24) is 9.80 Å². The summed E-state index contributed by atoms with van der Waals surface area (Å²) in [5.41, 5.74) is 3.35. The van der Waals surface area contributed by atoms with Gasteiger partial charge in [-0.3, -0.25) is 24.1 Å². The summed E-state index contributed by atoms with van der Waals surface area (Å²) in [6, 6.07) is 8.43. The van der Waals surface area contributed by atoms with Crippen LogP contribution >= 0.6 is 0 Å². The molecule has 0 bridgehead atoms. The highest BCUT2D eigenvalue weighted by molar-refractivity contribution is 5.78. The minimum Gasteiger partial charge on any atom is -0.481 e. The molecule has 1 N–H and O–H groups in total. The van der Waals surface area contributed by atoms with E-state index in [2.05, 4.69) is 82.2 Å². The fourth-order valence-electron chi connectivity index (χ4n) is 15.7. The van der Waals surface area contributed by atoms with E-state index >= 15 is 0 Å². The van der Waals surface area contributed by atoms with Crippen molar-refractivity contribution in [1.29, 1.82) is 0 Å². The van der Waals surface area contributed by atoms with Crippen molar-refractivity contribution >= 4 is 23.6 Å². The number of benzene rings is 1. The Bertz CT molecular complexity index is 1830. The number of carboxylic acids is 1. The summed E-state index contributed by atoms with van der Waals surface area (Å²) in [4.78, 5) is 55.4. The van der Waals surface area contributed by atoms with Crippen LogP contribution in [0, 0.1) is 62.1 Å². The van der Waals surface area contributed by atoms with Crippen LogP contribution in [-0.2, 0) is 36.9 Å². The van der Waals surface area contributed by atoms with E-state index in [1.807, 2.05) is 13.8 Å². The maximum atomic E-state index is 14.5. The van der Waals surface area contributed by atoms with Crippen molar-refractivity contribution in [2.45, 2.75) is 172 Å². The Hall–Kier alpha value is -3.00. The first-order chi connectivity index (χ1) is 28.0. The fraction of sp³-hybridized carbons (Fsp3) is 0.774. The van der Waals surface area contributed by atoms with Crippen LogP contribution in [0.15, 0.2) is 36.4 Å². The SMILES string of the molecule is C.C=C(C)[C@@H]1CC[C@]2(CC(=O)N3CCN(Cc4ccc(CC(C)=O)cc4)CC3)CC[C@]3(C)[C@H](CC[C@@H]4[C@@]5(C)CC[C@H](OC(=O)CC(C)(C)CC(=O)O)C(C)(C)[C@@H]5CC[C@]43C)[C@@H]12. The smallest absolute Gasteiger partial charge is 0.306 e. The van der Waals surface area contributed by atoms with Gasteiger partial charge in [-0.2, -0.15) is 0 Å². The lowest BCUT2D eigenvalue weighted by Crippen LogP contribution is -2.67. The molecule has 5 saturated carbocycles. The molecule has 1 saturated heterocycles. The molecular weight excluding hydrogens is 761 g/mol. The summed E-state index contributed by atoms with van der Waals surface area (Å²) in [5, 5.41) is 9.39. The van der Waals surface area contributed by atoms with Gasteiger partial charge in [-0.05, 0) is 146 Å². The number of ketones is 1. The van der Waals surface area contributed by atoms with Crippen LogP contribution in [0.1, 0.15) is 164 Å². The topological polar surface area (TPSA) is 104 Å². The molecule has 6 aliphatic rings. The lowest BCUT2D eigenvalue weighted by atomic mass is 9.32. The van der Waals surface area contributed by atoms with Gasteiger partial charge < -0.3 is 14.7 Å². The van der Waals surface area contributed by atoms with Crippen molar-refractivity contribution < 1.29 is 29.0 Å². The van der Waals surface area contributed by atoms with E-state index in [4.69, 9.17) is 4.74 Å². The monoisotopic (exact) mass is 843 g/mol. The third-order valence-electron chi connectivity index (χ3n) is 18.8. The lowest BCUT2D eigenvalue weighted by Gasteiger charge is -2.73. The van der Waals surface area contributed by atoms with Crippen molar-refractivity contribution in [3.8, 4) is 0 Å². The molecule has 1 aliphatic heterocycles. The van der Waals surface area contributed by atoms with E-state index in [1.54, 1.807) is 6.92 Å². The molecule has 0 unspecified atom stereocenters. The number of aliphatic carboxylic acids is 1. The van der Waals surface area contributed by atoms with Gasteiger partial charge in [-0.1, -0.05) is 92.3 Å². The zero-order valence-electron chi connectivity index (χ0n) is 38.8. The summed E-state index contributed by atoms with van der Waals surface area (Å²) in [7, 11) is 0. The van der Waals surface area contributed by atoms with E-state index in [1.165, 1.54) is 36.8 Å². The molecule has 1 aromatic rings. The number of carbonyl (C=O) groups is 4. The van der Waals surface area contributed by atoms with Gasteiger partial charge in [0.2, 0.25) is 5.91 Å². The fourth-order valence-corrected chi connectivity index (χ4v) is 15.7. The van der Waals surface area contributed by atoms with Crippen molar-refractivity contribution in [2.75, 3.05) is 26.2 Å². The molecule has 5 aliphatic carbocycles. The number of fused-ring (bicyclic) bond motifs is 7. The first kappa shape index (κ1) is 47.5. The number of hydrogen-bond acceptors (Lipinski definition) is 6. The second-order valence-corrected chi connectivity index (χ2v) is 23.3. The molecule has 7 rings (SSSR count). The number of ether oxygens (including phenoxy) is 1. The Morgan fingerprint density at radius 2 is 1.44 bits per heavy atom. The van der Waals surface area contributed by atoms with Crippen molar-refractivity contribution in [2.24, 2.45) is 62.1 Å². The summed E-state index contributed by atoms with van der Waals surface area (Å²) in [5.74, 6) is 1.95. The number of rotatable bonds is 12. The number of nitrogens with zero attached hydrogens (tertiary/aromatic N) is 2. The van der Waals surface area contributed by atoms with Crippen LogP contribution in [0.2, 0.25) is 0 Å². The molecule has 8 nitrogen and oxygen atoms in total. The van der Waals surface area contributed by atoms with Gasteiger partial charge in [-0.15, -0.1) is 0 Å². The first-order valence-corrected chi connectivity index (χ1v) is 23.7. The number of Topliss-reactive ketones (excluding diaryl/α,β-unsaturated/α-hetero) is 1. The zero-order chi connectivity index (χ0) is 43.6. The van der Waals surface area contributed by atoms with Gasteiger partial charge in [0.15, 0.2) is 0 Å². The maximum absolute atomic E-state index is 14.5. The van der Waals surface area contributed by atoms with Crippen molar-refractivity contribution in [3.63, 3.8) is 0 Å². The predicted octanol–water partition coefficient (Wildman–Crippen LogP) is 10.9. The summed E-state index contributed by atoms with van der Waals surface area (Å²) >= 11 is 0. The van der Waals surface area contributed by atoms with Crippen LogP contribution < -0.4 is 0 Å². The van der Waals surface area contributed by atoms with Gasteiger partial charge in [0.05, 0.1) is 12.8 Å². The molecule has 61 heavy (non-hydrogen) atoms. The van der Waals surface area contributed by atoms with Crippen LogP contribution in [0.4, 0.5) is 0 Å².